The summed E-state index contributed by atoms with van der Waals surface area (Å²) in [7, 11) is 1.73. The number of nitriles is 1. The molecule has 0 saturated heterocycles. The van der Waals surface area contributed by atoms with Gasteiger partial charge >= 0.3 is 0 Å². The Hall–Kier alpha value is -2.80. The van der Waals surface area contributed by atoms with Gasteiger partial charge in [-0.15, -0.1) is 0 Å². The molecule has 2 N–H and O–H groups in total. The van der Waals surface area contributed by atoms with Gasteiger partial charge in [0.25, 0.3) is 5.91 Å². The minimum Gasteiger partial charge on any atom is -0.398 e. The van der Waals surface area contributed by atoms with Crippen LogP contribution < -0.4 is 5.73 Å². The summed E-state index contributed by atoms with van der Waals surface area (Å²) in [6.45, 7) is 2.31. The minimum atomic E-state index is -0.126. The van der Waals surface area contributed by atoms with Crippen LogP contribution in [0, 0.1) is 18.3 Å². The number of para-hydroxylation sites is 1. The highest BCUT2D eigenvalue weighted by Crippen LogP contribution is 2.19. The summed E-state index contributed by atoms with van der Waals surface area (Å²) >= 11 is 0. The van der Waals surface area contributed by atoms with Crippen LogP contribution in [-0.2, 0) is 6.54 Å². The first-order valence-electron chi connectivity index (χ1n) is 6.62. The van der Waals surface area contributed by atoms with Crippen LogP contribution in [0.15, 0.2) is 42.5 Å². The van der Waals surface area contributed by atoms with E-state index in [1.807, 2.05) is 31.2 Å². The number of nitrogens with zero attached hydrogens (tertiary/aromatic N) is 2. The molecule has 0 unspecified atom stereocenters. The van der Waals surface area contributed by atoms with Gasteiger partial charge < -0.3 is 10.6 Å². The van der Waals surface area contributed by atoms with Crippen molar-refractivity contribution in [3.63, 3.8) is 0 Å². The Morgan fingerprint density at radius 3 is 2.71 bits per heavy atom. The Balaban J connectivity index is 2.20. The van der Waals surface area contributed by atoms with Crippen molar-refractivity contribution in [1.82, 2.24) is 4.90 Å². The molecular weight excluding hydrogens is 262 g/mol. The number of carbonyl (C=O) groups is 1. The Bertz CT molecular complexity index is 716. The Morgan fingerprint density at radius 1 is 1.29 bits per heavy atom. The molecular formula is C17H17N3O. The number of nitrogens with two attached hydrogens (primary N) is 1. The number of benzene rings is 2. The maximum Gasteiger partial charge on any atom is 0.255 e. The number of nitrogen functional groups attached to an aromatic ring is 1. The number of hydrogen-bond acceptors (Lipinski definition) is 3. The van der Waals surface area contributed by atoms with E-state index in [0.29, 0.717) is 23.4 Å². The number of hydrogen-bond donors (Lipinski definition) is 1. The lowest BCUT2D eigenvalue weighted by Crippen LogP contribution is -2.27. The lowest BCUT2D eigenvalue weighted by atomic mass is 10.1. The van der Waals surface area contributed by atoms with Crippen LogP contribution in [0.2, 0.25) is 0 Å². The normalized spacial score (nSPS) is 9.95. The van der Waals surface area contributed by atoms with Crippen LogP contribution in [0.3, 0.4) is 0 Å². The molecule has 2 aromatic carbocycles. The number of anilines is 1. The van der Waals surface area contributed by atoms with Crippen LogP contribution in [0.5, 0.6) is 0 Å². The van der Waals surface area contributed by atoms with Crippen molar-refractivity contribution >= 4 is 11.6 Å². The predicted molar refractivity (Wildman–Crippen MR) is 82.5 cm³/mol. The fourth-order valence-electron chi connectivity index (χ4n) is 2.16. The molecule has 2 aromatic rings. The molecule has 0 aliphatic heterocycles. The van der Waals surface area contributed by atoms with Gasteiger partial charge in [0.15, 0.2) is 0 Å². The Labute approximate surface area is 124 Å². The second-order valence-electron chi connectivity index (χ2n) is 5.01. The average Bonchev–Trinajstić information content (AvgIpc) is 2.49. The lowest BCUT2D eigenvalue weighted by molar-refractivity contribution is 0.0786. The Kier molecular flexibility index (Phi) is 4.24. The van der Waals surface area contributed by atoms with Crippen LogP contribution >= 0.6 is 0 Å². The van der Waals surface area contributed by atoms with Crippen LogP contribution in [-0.4, -0.2) is 17.9 Å². The third kappa shape index (κ3) is 3.21. The van der Waals surface area contributed by atoms with Gasteiger partial charge in [-0.2, -0.15) is 5.26 Å². The molecule has 21 heavy (non-hydrogen) atoms. The fraction of sp³-hybridized carbons (Fsp3) is 0.176. The van der Waals surface area contributed by atoms with E-state index in [-0.39, 0.29) is 5.91 Å². The molecule has 106 valence electrons. The van der Waals surface area contributed by atoms with Gasteiger partial charge in [-0.3, -0.25) is 4.79 Å². The van der Waals surface area contributed by atoms with Crippen LogP contribution in [0.1, 0.15) is 27.0 Å². The molecule has 0 bridgehead atoms. The van der Waals surface area contributed by atoms with E-state index in [9.17, 15) is 4.79 Å². The summed E-state index contributed by atoms with van der Waals surface area (Å²) in [5.74, 6) is -0.126. The SMILES string of the molecule is Cc1cccc(C(=O)N(C)Cc2cccc(C#N)c2)c1N. The predicted octanol–water partition coefficient (Wildman–Crippen LogP) is 2.72. The zero-order chi connectivity index (χ0) is 15.4. The fourth-order valence-corrected chi connectivity index (χ4v) is 2.16. The third-order valence-electron chi connectivity index (χ3n) is 3.38. The van der Waals surface area contributed by atoms with E-state index in [1.54, 1.807) is 30.1 Å². The van der Waals surface area contributed by atoms with Gasteiger partial charge in [0, 0.05) is 19.3 Å². The first kappa shape index (κ1) is 14.6. The van der Waals surface area contributed by atoms with Crippen molar-refractivity contribution in [2.45, 2.75) is 13.5 Å². The molecule has 0 fully saturated rings. The molecule has 0 saturated carbocycles. The van der Waals surface area contributed by atoms with Gasteiger partial charge in [-0.1, -0.05) is 24.3 Å². The standard InChI is InChI=1S/C17H17N3O/c1-12-5-3-8-15(16(12)19)17(21)20(2)11-14-7-4-6-13(9-14)10-18/h3-9H,11,19H2,1-2H3. The van der Waals surface area contributed by atoms with E-state index in [1.165, 1.54) is 0 Å². The lowest BCUT2D eigenvalue weighted by Gasteiger charge is -2.19. The van der Waals surface area contributed by atoms with Crippen molar-refractivity contribution in [3.8, 4) is 6.07 Å². The van der Waals surface area contributed by atoms with Crippen molar-refractivity contribution in [2.75, 3.05) is 12.8 Å². The Morgan fingerprint density at radius 2 is 2.00 bits per heavy atom. The number of rotatable bonds is 3. The minimum absolute atomic E-state index is 0.126. The average molecular weight is 279 g/mol. The highest BCUT2D eigenvalue weighted by molar-refractivity contribution is 5.99. The van der Waals surface area contributed by atoms with Gasteiger partial charge in [-0.05, 0) is 36.2 Å². The highest BCUT2D eigenvalue weighted by atomic mass is 16.2. The highest BCUT2D eigenvalue weighted by Gasteiger charge is 2.15. The molecule has 2 rings (SSSR count). The topological polar surface area (TPSA) is 70.1 Å². The molecule has 0 aliphatic rings. The van der Waals surface area contributed by atoms with E-state index < -0.39 is 0 Å². The summed E-state index contributed by atoms with van der Waals surface area (Å²) in [5, 5.41) is 8.90. The van der Waals surface area contributed by atoms with Gasteiger partial charge in [0.1, 0.15) is 0 Å². The smallest absolute Gasteiger partial charge is 0.255 e. The van der Waals surface area contributed by atoms with Crippen molar-refractivity contribution in [1.29, 1.82) is 5.26 Å². The van der Waals surface area contributed by atoms with E-state index in [4.69, 9.17) is 11.0 Å². The third-order valence-corrected chi connectivity index (χ3v) is 3.38. The van der Waals surface area contributed by atoms with Crippen molar-refractivity contribution in [2.24, 2.45) is 0 Å². The summed E-state index contributed by atoms with van der Waals surface area (Å²) in [6.07, 6.45) is 0. The zero-order valence-corrected chi connectivity index (χ0v) is 12.1. The largest absolute Gasteiger partial charge is 0.398 e. The first-order chi connectivity index (χ1) is 10.0. The molecule has 0 aromatic heterocycles. The molecule has 0 heterocycles. The summed E-state index contributed by atoms with van der Waals surface area (Å²) in [4.78, 5) is 14.1. The van der Waals surface area contributed by atoms with Crippen LogP contribution in [0.4, 0.5) is 5.69 Å². The zero-order valence-electron chi connectivity index (χ0n) is 12.1. The molecule has 0 radical (unpaired) electrons. The second-order valence-corrected chi connectivity index (χ2v) is 5.01. The second kappa shape index (κ2) is 6.10. The summed E-state index contributed by atoms with van der Waals surface area (Å²) in [5.41, 5.74) is 9.38. The van der Waals surface area contributed by atoms with Crippen LogP contribution in [0.25, 0.3) is 0 Å². The molecule has 0 spiro atoms. The van der Waals surface area contributed by atoms with Gasteiger partial charge in [0.2, 0.25) is 0 Å². The van der Waals surface area contributed by atoms with E-state index >= 15 is 0 Å². The maximum atomic E-state index is 12.5. The van der Waals surface area contributed by atoms with E-state index in [0.717, 1.165) is 11.1 Å². The molecule has 4 nitrogen and oxygen atoms in total. The molecule has 0 atom stereocenters. The monoisotopic (exact) mass is 279 g/mol. The molecule has 4 heteroatoms. The maximum absolute atomic E-state index is 12.5. The molecule has 0 aliphatic carbocycles. The van der Waals surface area contributed by atoms with Gasteiger partial charge in [-0.25, -0.2) is 0 Å². The summed E-state index contributed by atoms with van der Waals surface area (Å²) < 4.78 is 0. The quantitative estimate of drug-likeness (QED) is 0.878. The first-order valence-corrected chi connectivity index (χ1v) is 6.62. The number of amides is 1. The van der Waals surface area contributed by atoms with Crippen molar-refractivity contribution in [3.05, 3.63) is 64.7 Å². The van der Waals surface area contributed by atoms with Gasteiger partial charge in [0.05, 0.1) is 17.2 Å². The van der Waals surface area contributed by atoms with E-state index in [2.05, 4.69) is 6.07 Å². The summed E-state index contributed by atoms with van der Waals surface area (Å²) in [6, 6.07) is 14.8. The number of aryl methyl sites for hydroxylation is 1. The molecule has 1 amide bonds. The van der Waals surface area contributed by atoms with Crippen molar-refractivity contribution < 1.29 is 4.79 Å². The number of carbonyl (C=O) groups excluding carboxylic acids is 1.